The Morgan fingerprint density at radius 1 is 0.931 bits per heavy atom. The molecule has 0 saturated carbocycles. The first kappa shape index (κ1) is 18.9. The van der Waals surface area contributed by atoms with Gasteiger partial charge >= 0.3 is 0 Å². The van der Waals surface area contributed by atoms with Crippen molar-refractivity contribution in [1.82, 2.24) is 20.2 Å². The Morgan fingerprint density at radius 2 is 1.59 bits per heavy atom. The monoisotopic (exact) mass is 401 g/mol. The summed E-state index contributed by atoms with van der Waals surface area (Å²) in [5.41, 5.74) is 3.66. The van der Waals surface area contributed by atoms with Gasteiger partial charge in [-0.1, -0.05) is 78.5 Å². The van der Waals surface area contributed by atoms with Crippen LogP contribution in [-0.2, 0) is 4.79 Å². The highest BCUT2D eigenvalue weighted by Crippen LogP contribution is 2.29. The molecule has 0 fully saturated rings. The fourth-order valence-electron chi connectivity index (χ4n) is 2.89. The minimum Gasteiger partial charge on any atom is -0.325 e. The number of aromatic nitrogens is 4. The van der Waals surface area contributed by atoms with E-state index in [2.05, 4.69) is 20.8 Å². The second kappa shape index (κ2) is 8.70. The Morgan fingerprint density at radius 3 is 2.34 bits per heavy atom. The third kappa shape index (κ3) is 4.35. The molecule has 0 spiro atoms. The summed E-state index contributed by atoms with van der Waals surface area (Å²) in [7, 11) is 0. The topological polar surface area (TPSA) is 72.7 Å². The number of rotatable bonds is 6. The number of carbonyl (C=O) groups excluding carboxylic acids is 1. The number of benzene rings is 3. The molecule has 1 heterocycles. The van der Waals surface area contributed by atoms with E-state index in [4.69, 9.17) is 0 Å². The first-order valence-corrected chi connectivity index (χ1v) is 10.1. The molecule has 0 bridgehead atoms. The van der Waals surface area contributed by atoms with Crippen LogP contribution in [0.2, 0.25) is 0 Å². The van der Waals surface area contributed by atoms with Crippen LogP contribution in [0.4, 0.5) is 5.69 Å². The molecule has 7 heteroatoms. The highest BCUT2D eigenvalue weighted by atomic mass is 32.2. The molecule has 29 heavy (non-hydrogen) atoms. The zero-order chi connectivity index (χ0) is 20.1. The minimum absolute atomic E-state index is 0.110. The summed E-state index contributed by atoms with van der Waals surface area (Å²) >= 11 is 1.32. The van der Waals surface area contributed by atoms with Gasteiger partial charge in [-0.15, -0.1) is 5.10 Å². The number of para-hydroxylation sites is 2. The van der Waals surface area contributed by atoms with Crippen molar-refractivity contribution in [2.75, 3.05) is 5.32 Å². The summed E-state index contributed by atoms with van der Waals surface area (Å²) in [5.74, 6) is -0.110. The maximum atomic E-state index is 12.9. The summed E-state index contributed by atoms with van der Waals surface area (Å²) < 4.78 is 1.63. The Balaban J connectivity index is 1.51. The van der Waals surface area contributed by atoms with Crippen molar-refractivity contribution in [3.8, 4) is 16.8 Å². The molecule has 0 radical (unpaired) electrons. The van der Waals surface area contributed by atoms with Crippen LogP contribution in [0.5, 0.6) is 0 Å². The Hall–Kier alpha value is -3.45. The molecule has 1 atom stereocenters. The van der Waals surface area contributed by atoms with Gasteiger partial charge in [0.15, 0.2) is 0 Å². The summed E-state index contributed by atoms with van der Waals surface area (Å²) in [6, 6.07) is 27.4. The molecule has 4 aromatic rings. The molecule has 0 aliphatic heterocycles. The first-order chi connectivity index (χ1) is 14.2. The van der Waals surface area contributed by atoms with Crippen molar-refractivity contribution in [3.05, 3.63) is 84.9 Å². The van der Waals surface area contributed by atoms with Crippen LogP contribution in [0.25, 0.3) is 16.8 Å². The number of tetrazole rings is 1. The van der Waals surface area contributed by atoms with E-state index in [9.17, 15) is 4.79 Å². The van der Waals surface area contributed by atoms with Gasteiger partial charge in [0.1, 0.15) is 0 Å². The van der Waals surface area contributed by atoms with Crippen LogP contribution >= 0.6 is 11.8 Å². The van der Waals surface area contributed by atoms with Crippen molar-refractivity contribution in [2.24, 2.45) is 0 Å². The van der Waals surface area contributed by atoms with Gasteiger partial charge in [-0.2, -0.15) is 4.68 Å². The van der Waals surface area contributed by atoms with Crippen molar-refractivity contribution in [3.63, 3.8) is 0 Å². The second-order valence-corrected chi connectivity index (χ2v) is 7.68. The van der Waals surface area contributed by atoms with Gasteiger partial charge in [0, 0.05) is 11.3 Å². The SMILES string of the molecule is C[C@@H](Sc1nnnn1-c1ccccc1)C(=O)Nc1ccccc1-c1ccccc1. The summed E-state index contributed by atoms with van der Waals surface area (Å²) in [5, 5.41) is 15.1. The number of hydrogen-bond acceptors (Lipinski definition) is 5. The third-order valence-electron chi connectivity index (χ3n) is 4.36. The number of hydrogen-bond donors (Lipinski definition) is 1. The molecule has 1 aromatic heterocycles. The maximum absolute atomic E-state index is 12.9. The zero-order valence-electron chi connectivity index (χ0n) is 15.8. The van der Waals surface area contributed by atoms with Crippen LogP contribution in [0, 0.1) is 0 Å². The molecular formula is C22H19N5OS. The number of thioether (sulfide) groups is 1. The van der Waals surface area contributed by atoms with Gasteiger partial charge in [-0.05, 0) is 41.1 Å². The molecule has 3 aromatic carbocycles. The molecule has 6 nitrogen and oxygen atoms in total. The molecule has 1 amide bonds. The highest BCUT2D eigenvalue weighted by molar-refractivity contribution is 8.00. The molecular weight excluding hydrogens is 382 g/mol. The van der Waals surface area contributed by atoms with Gasteiger partial charge in [0.05, 0.1) is 10.9 Å². The molecule has 1 N–H and O–H groups in total. The van der Waals surface area contributed by atoms with Crippen molar-refractivity contribution in [2.45, 2.75) is 17.3 Å². The van der Waals surface area contributed by atoms with Gasteiger partial charge in [0.25, 0.3) is 0 Å². The predicted molar refractivity (Wildman–Crippen MR) is 115 cm³/mol. The van der Waals surface area contributed by atoms with Crippen LogP contribution in [0.15, 0.2) is 90.1 Å². The first-order valence-electron chi connectivity index (χ1n) is 9.18. The number of carbonyl (C=O) groups is 1. The van der Waals surface area contributed by atoms with Crippen molar-refractivity contribution < 1.29 is 4.79 Å². The Kier molecular flexibility index (Phi) is 5.67. The van der Waals surface area contributed by atoms with Gasteiger partial charge in [-0.3, -0.25) is 4.79 Å². The number of nitrogens with one attached hydrogen (secondary N) is 1. The van der Waals surface area contributed by atoms with Crippen LogP contribution in [0.3, 0.4) is 0 Å². The van der Waals surface area contributed by atoms with Crippen LogP contribution < -0.4 is 5.32 Å². The van der Waals surface area contributed by atoms with E-state index >= 15 is 0 Å². The molecule has 0 aliphatic rings. The van der Waals surface area contributed by atoms with Crippen molar-refractivity contribution >= 4 is 23.4 Å². The Labute approximate surface area is 173 Å². The molecule has 144 valence electrons. The van der Waals surface area contributed by atoms with Crippen LogP contribution in [-0.4, -0.2) is 31.4 Å². The Bertz CT molecular complexity index is 1100. The quantitative estimate of drug-likeness (QED) is 0.483. The lowest BCUT2D eigenvalue weighted by atomic mass is 10.0. The predicted octanol–water partition coefficient (Wildman–Crippen LogP) is 4.45. The maximum Gasteiger partial charge on any atom is 0.237 e. The minimum atomic E-state index is -0.382. The van der Waals surface area contributed by atoms with E-state index in [1.165, 1.54) is 11.8 Å². The lowest BCUT2D eigenvalue weighted by molar-refractivity contribution is -0.115. The number of anilines is 1. The molecule has 0 saturated heterocycles. The van der Waals surface area contributed by atoms with Gasteiger partial charge in [0.2, 0.25) is 11.1 Å². The van der Waals surface area contributed by atoms with Crippen molar-refractivity contribution in [1.29, 1.82) is 0 Å². The average molecular weight is 401 g/mol. The standard InChI is InChI=1S/C22H19N5OS/c1-16(29-22-24-25-26-27(22)18-12-6-3-7-13-18)21(28)23-20-15-9-8-14-19(20)17-10-4-2-5-11-17/h2-16H,1H3,(H,23,28)/t16-/m1/s1. The van der Waals surface area contributed by atoms with E-state index in [1.807, 2.05) is 91.9 Å². The summed E-state index contributed by atoms with van der Waals surface area (Å²) in [4.78, 5) is 12.9. The fourth-order valence-corrected chi connectivity index (χ4v) is 3.70. The fraction of sp³-hybridized carbons (Fsp3) is 0.0909. The molecule has 0 aliphatic carbocycles. The number of amides is 1. The lowest BCUT2D eigenvalue weighted by Gasteiger charge is -2.14. The second-order valence-electron chi connectivity index (χ2n) is 6.37. The van der Waals surface area contributed by atoms with E-state index in [0.717, 1.165) is 22.5 Å². The van der Waals surface area contributed by atoms with E-state index < -0.39 is 0 Å². The largest absolute Gasteiger partial charge is 0.325 e. The lowest BCUT2D eigenvalue weighted by Crippen LogP contribution is -2.23. The molecule has 0 unspecified atom stereocenters. The zero-order valence-corrected chi connectivity index (χ0v) is 16.6. The smallest absolute Gasteiger partial charge is 0.237 e. The normalized spacial score (nSPS) is 11.8. The van der Waals surface area contributed by atoms with E-state index in [-0.39, 0.29) is 11.2 Å². The highest BCUT2D eigenvalue weighted by Gasteiger charge is 2.20. The van der Waals surface area contributed by atoms with Gasteiger partial charge in [-0.25, -0.2) is 0 Å². The summed E-state index contributed by atoms with van der Waals surface area (Å²) in [6.45, 7) is 1.84. The van der Waals surface area contributed by atoms with E-state index in [0.29, 0.717) is 5.16 Å². The number of nitrogens with zero attached hydrogens (tertiary/aromatic N) is 4. The van der Waals surface area contributed by atoms with E-state index in [1.54, 1.807) is 4.68 Å². The third-order valence-corrected chi connectivity index (χ3v) is 5.40. The molecule has 4 rings (SSSR count). The van der Waals surface area contributed by atoms with Crippen LogP contribution in [0.1, 0.15) is 6.92 Å². The summed E-state index contributed by atoms with van der Waals surface area (Å²) in [6.07, 6.45) is 0. The van der Waals surface area contributed by atoms with Gasteiger partial charge < -0.3 is 5.32 Å². The average Bonchev–Trinajstić information content (AvgIpc) is 3.23.